The van der Waals surface area contributed by atoms with Crippen molar-refractivity contribution in [1.82, 2.24) is 36.8 Å². The van der Waals surface area contributed by atoms with Crippen LogP contribution in [0, 0.1) is 17.3 Å². The molecule has 2 aliphatic heterocycles. The van der Waals surface area contributed by atoms with Gasteiger partial charge >= 0.3 is 0 Å². The van der Waals surface area contributed by atoms with Crippen molar-refractivity contribution in [2.45, 2.75) is 108 Å². The highest BCUT2D eigenvalue weighted by atomic mass is 32.2. The molecule has 6 amide bonds. The number of likely N-dealkylation sites (N-methyl/N-ethyl adjacent to an activating group) is 1. The predicted octanol–water partition coefficient (Wildman–Crippen LogP) is 3.57. The number of benzene rings is 3. The summed E-state index contributed by atoms with van der Waals surface area (Å²) < 4.78 is 0. The summed E-state index contributed by atoms with van der Waals surface area (Å²) in [4.78, 5) is 82.2. The summed E-state index contributed by atoms with van der Waals surface area (Å²) in [5.74, 6) is -1.37. The van der Waals surface area contributed by atoms with Crippen molar-refractivity contribution in [3.63, 3.8) is 0 Å². The molecule has 14 heteroatoms. The highest BCUT2D eigenvalue weighted by Crippen LogP contribution is 2.47. The van der Waals surface area contributed by atoms with Gasteiger partial charge in [-0.2, -0.15) is 0 Å². The van der Waals surface area contributed by atoms with E-state index < -0.39 is 35.5 Å². The van der Waals surface area contributed by atoms with Gasteiger partial charge in [-0.15, -0.1) is 11.8 Å². The number of carbonyl (C=O) groups is 6. The second kappa shape index (κ2) is 18.6. The monoisotopic (exact) mass is 835 g/mol. The number of amides is 6. The first kappa shape index (κ1) is 42.9. The molecule has 0 saturated carbocycles. The number of carbonyl (C=O) groups excluding carboxylic acids is 6. The first-order chi connectivity index (χ1) is 28.9. The number of nitrogens with one attached hydrogen (secondary N) is 6. The van der Waals surface area contributed by atoms with Crippen molar-refractivity contribution >= 4 is 47.7 Å². The van der Waals surface area contributed by atoms with Crippen LogP contribution in [-0.4, -0.2) is 77.1 Å². The smallest absolute Gasteiger partial charge is 0.246 e. The number of thioether (sulfide) groups is 1. The number of hydrogen-bond acceptors (Lipinski definition) is 8. The van der Waals surface area contributed by atoms with Crippen molar-refractivity contribution < 1.29 is 28.8 Å². The van der Waals surface area contributed by atoms with E-state index in [-0.39, 0.29) is 53.4 Å². The molecule has 0 bridgehead atoms. The Morgan fingerprint density at radius 1 is 0.783 bits per heavy atom. The zero-order valence-electron chi connectivity index (χ0n) is 34.8. The topological polar surface area (TPSA) is 178 Å². The van der Waals surface area contributed by atoms with E-state index in [0.29, 0.717) is 50.8 Å². The summed E-state index contributed by atoms with van der Waals surface area (Å²) in [6.07, 6.45) is 4.38. The predicted molar refractivity (Wildman–Crippen MR) is 230 cm³/mol. The van der Waals surface area contributed by atoms with Gasteiger partial charge in [-0.05, 0) is 97.0 Å². The molecule has 0 radical (unpaired) electrons. The quantitative estimate of drug-likeness (QED) is 0.142. The molecule has 13 nitrogen and oxygen atoms in total. The van der Waals surface area contributed by atoms with Crippen LogP contribution in [0.5, 0.6) is 0 Å². The molecular formula is C46H57N7O6S. The third-order valence-electron chi connectivity index (χ3n) is 12.9. The van der Waals surface area contributed by atoms with Crippen LogP contribution >= 0.6 is 11.8 Å². The van der Waals surface area contributed by atoms with Crippen molar-refractivity contribution in [2.75, 3.05) is 12.8 Å². The Labute approximate surface area is 356 Å². The highest BCUT2D eigenvalue weighted by Gasteiger charge is 2.55. The molecule has 8 atom stereocenters. The van der Waals surface area contributed by atoms with Gasteiger partial charge in [-0.3, -0.25) is 28.8 Å². The van der Waals surface area contributed by atoms with Crippen LogP contribution in [-0.2, 0) is 54.7 Å². The number of aryl methyl sites for hydroxylation is 2. The average Bonchev–Trinajstić information content (AvgIpc) is 3.45. The molecule has 2 saturated heterocycles. The van der Waals surface area contributed by atoms with Crippen LogP contribution in [0.2, 0.25) is 0 Å². The third kappa shape index (κ3) is 9.09. The number of hydrogen-bond donors (Lipinski definition) is 6. The maximum atomic E-state index is 14.6. The SMILES string of the molecule is CN[C@@H](C)C(=O)N[C@H]1CCSC2CC(C)(C)[C@@H](C(=O)N[C@@H]3c4ccccc4CC[C@H]3C(=O)NCc3ccc(CNC(=O)[C@@H]4CCc5ccccc5[C@@H]4NC=O)cc3)N2C1=O. The van der Waals surface area contributed by atoms with Crippen molar-refractivity contribution in [3.05, 3.63) is 106 Å². The van der Waals surface area contributed by atoms with E-state index in [1.165, 1.54) is 0 Å². The molecule has 60 heavy (non-hydrogen) atoms. The zero-order valence-corrected chi connectivity index (χ0v) is 35.6. The molecule has 7 rings (SSSR count). The molecule has 1 unspecified atom stereocenters. The van der Waals surface area contributed by atoms with E-state index in [9.17, 15) is 28.8 Å². The Bertz CT molecular complexity index is 2090. The van der Waals surface area contributed by atoms with Crippen LogP contribution in [0.4, 0.5) is 0 Å². The van der Waals surface area contributed by atoms with Crippen LogP contribution in [0.15, 0.2) is 72.8 Å². The molecule has 6 N–H and O–H groups in total. The lowest BCUT2D eigenvalue weighted by Gasteiger charge is -2.38. The second-order valence-corrected chi connectivity index (χ2v) is 18.5. The Morgan fingerprint density at radius 2 is 1.33 bits per heavy atom. The van der Waals surface area contributed by atoms with Gasteiger partial charge < -0.3 is 36.8 Å². The molecular weight excluding hydrogens is 779 g/mol. The fraction of sp³-hybridized carbons (Fsp3) is 0.478. The van der Waals surface area contributed by atoms with Gasteiger partial charge in [-0.1, -0.05) is 86.6 Å². The molecule has 0 aromatic heterocycles. The van der Waals surface area contributed by atoms with Gasteiger partial charge in [0.1, 0.15) is 12.1 Å². The van der Waals surface area contributed by atoms with Gasteiger partial charge in [0.05, 0.1) is 35.3 Å². The van der Waals surface area contributed by atoms with Gasteiger partial charge in [0.15, 0.2) is 0 Å². The Kier molecular flexibility index (Phi) is 13.3. The average molecular weight is 836 g/mol. The molecule has 0 spiro atoms. The van der Waals surface area contributed by atoms with Crippen LogP contribution in [0.3, 0.4) is 0 Å². The molecule has 3 aromatic carbocycles. The molecule has 3 aromatic rings. The number of nitrogens with zero attached hydrogens (tertiary/aromatic N) is 1. The van der Waals surface area contributed by atoms with E-state index in [4.69, 9.17) is 0 Å². The van der Waals surface area contributed by atoms with Gasteiger partial charge in [-0.25, -0.2) is 0 Å². The van der Waals surface area contributed by atoms with Crippen molar-refractivity contribution in [3.8, 4) is 0 Å². The standard InChI is InChI=1S/C46H57N7O6S/c1-27(47-4)41(55)51-36-21-22-60-37-23-46(2,3)40(53(37)45(36)59)44(58)52-39-33-12-8-6-10-31(33)18-20-35(39)43(57)49-25-29-15-13-28(14-16-29)24-48-42(56)34-19-17-30-9-5-7-11-32(30)38(34)50-26-54/h5-16,26-27,34-40,47H,17-25H2,1-4H3,(H,48,56)(H,49,57)(H,50,54)(H,51,55)(H,52,58)/t27-,34+,35+,36-,37?,38-,39+,40+/m0/s1. The van der Waals surface area contributed by atoms with E-state index in [1.807, 2.05) is 86.6 Å². The fourth-order valence-corrected chi connectivity index (χ4v) is 11.0. The van der Waals surface area contributed by atoms with Crippen molar-refractivity contribution in [2.24, 2.45) is 17.3 Å². The van der Waals surface area contributed by atoms with Gasteiger partial charge in [0, 0.05) is 13.1 Å². The number of rotatable bonds is 13. The first-order valence-electron chi connectivity index (χ1n) is 21.1. The lowest BCUT2D eigenvalue weighted by Crippen LogP contribution is -2.58. The summed E-state index contributed by atoms with van der Waals surface area (Å²) in [6.45, 7) is 6.36. The normalized spacial score (nSPS) is 25.9. The minimum atomic E-state index is -0.795. The van der Waals surface area contributed by atoms with Crippen LogP contribution < -0.4 is 31.9 Å². The van der Waals surface area contributed by atoms with E-state index >= 15 is 0 Å². The van der Waals surface area contributed by atoms with Crippen LogP contribution in [0.1, 0.15) is 91.9 Å². The molecule has 2 heterocycles. The Hall–Kier alpha value is -5.21. The minimum Gasteiger partial charge on any atom is -0.352 e. The van der Waals surface area contributed by atoms with E-state index in [2.05, 4.69) is 31.9 Å². The maximum absolute atomic E-state index is 14.6. The van der Waals surface area contributed by atoms with E-state index in [1.54, 1.807) is 30.6 Å². The largest absolute Gasteiger partial charge is 0.352 e. The third-order valence-corrected chi connectivity index (χ3v) is 14.1. The van der Waals surface area contributed by atoms with Gasteiger partial charge in [0.25, 0.3) is 0 Å². The molecule has 318 valence electrons. The Balaban J connectivity index is 0.997. The highest BCUT2D eigenvalue weighted by molar-refractivity contribution is 7.99. The second-order valence-electron chi connectivity index (χ2n) is 17.2. The Morgan fingerprint density at radius 3 is 1.90 bits per heavy atom. The molecule has 2 fully saturated rings. The van der Waals surface area contributed by atoms with E-state index in [0.717, 1.165) is 39.8 Å². The van der Waals surface area contributed by atoms with Gasteiger partial charge in [0.2, 0.25) is 35.9 Å². The lowest BCUT2D eigenvalue weighted by molar-refractivity contribution is -0.144. The maximum Gasteiger partial charge on any atom is 0.246 e. The molecule has 2 aliphatic carbocycles. The summed E-state index contributed by atoms with van der Waals surface area (Å²) in [7, 11) is 1.69. The minimum absolute atomic E-state index is 0.114. The zero-order chi connectivity index (χ0) is 42.6. The lowest BCUT2D eigenvalue weighted by atomic mass is 9.78. The summed E-state index contributed by atoms with van der Waals surface area (Å²) in [5, 5.41) is 17.9. The summed E-state index contributed by atoms with van der Waals surface area (Å²) in [5.41, 5.74) is 5.32. The number of fused-ring (bicyclic) bond motifs is 3. The first-order valence-corrected chi connectivity index (χ1v) is 22.2. The fourth-order valence-electron chi connectivity index (χ4n) is 9.47. The summed E-state index contributed by atoms with van der Waals surface area (Å²) in [6, 6.07) is 20.5. The van der Waals surface area contributed by atoms with Crippen LogP contribution in [0.25, 0.3) is 0 Å². The molecule has 4 aliphatic rings. The summed E-state index contributed by atoms with van der Waals surface area (Å²) >= 11 is 1.64. The van der Waals surface area contributed by atoms with Crippen molar-refractivity contribution in [1.29, 1.82) is 0 Å².